The number of guanidine groups is 1. The van der Waals surface area contributed by atoms with E-state index < -0.39 is 6.61 Å². The van der Waals surface area contributed by atoms with Crippen LogP contribution in [0.5, 0.6) is 11.5 Å². The Morgan fingerprint density at radius 1 is 1.37 bits per heavy atom. The van der Waals surface area contributed by atoms with Crippen LogP contribution in [-0.4, -0.2) is 45.0 Å². The van der Waals surface area contributed by atoms with Gasteiger partial charge in [-0.3, -0.25) is 0 Å². The van der Waals surface area contributed by atoms with Crippen LogP contribution >= 0.6 is 24.0 Å². The Hall–Kier alpha value is -1.36. The molecule has 0 aromatic heterocycles. The summed E-state index contributed by atoms with van der Waals surface area (Å²) in [4.78, 5) is 4.47. The standard InChI is InChI=1S/C18H27F2N3O3.HI/c1-4-21-17(23-12-18(2)8-5-9-25-18)22-11-13-6-7-14(24-3)10-15(13)26-16(19)20;/h6-7,10,16H,4-5,8-9,11-12H2,1-3H3,(H2,21,22,23);1H. The Kier molecular flexibility index (Phi) is 10.1. The summed E-state index contributed by atoms with van der Waals surface area (Å²) in [7, 11) is 1.47. The number of methoxy groups -OCH3 is 1. The molecule has 1 aromatic carbocycles. The minimum absolute atomic E-state index is 0. The second kappa shape index (κ2) is 11.5. The average molecular weight is 499 g/mol. The number of aliphatic imine (C=N–C) groups is 1. The summed E-state index contributed by atoms with van der Waals surface area (Å²) in [6.45, 7) is 3.40. The third-order valence-corrected chi connectivity index (χ3v) is 4.17. The van der Waals surface area contributed by atoms with Gasteiger partial charge < -0.3 is 24.8 Å². The predicted octanol–water partition coefficient (Wildman–Crippen LogP) is 3.54. The summed E-state index contributed by atoms with van der Waals surface area (Å²) < 4.78 is 40.7. The Bertz CT molecular complexity index is 612. The highest BCUT2D eigenvalue weighted by atomic mass is 127. The van der Waals surface area contributed by atoms with Gasteiger partial charge in [-0.05, 0) is 38.8 Å². The number of benzene rings is 1. The molecular weight excluding hydrogens is 471 g/mol. The van der Waals surface area contributed by atoms with Crippen LogP contribution < -0.4 is 20.1 Å². The highest BCUT2D eigenvalue weighted by molar-refractivity contribution is 14.0. The Balaban J connectivity index is 0.00000364. The molecule has 0 radical (unpaired) electrons. The fourth-order valence-electron chi connectivity index (χ4n) is 2.75. The molecule has 0 amide bonds. The van der Waals surface area contributed by atoms with Crippen LogP contribution in [0.25, 0.3) is 0 Å². The van der Waals surface area contributed by atoms with Gasteiger partial charge in [-0.25, -0.2) is 4.99 Å². The van der Waals surface area contributed by atoms with E-state index in [9.17, 15) is 8.78 Å². The molecule has 0 saturated carbocycles. The highest BCUT2D eigenvalue weighted by Gasteiger charge is 2.29. The molecule has 1 aliphatic rings. The van der Waals surface area contributed by atoms with Crippen molar-refractivity contribution >= 4 is 29.9 Å². The second-order valence-electron chi connectivity index (χ2n) is 6.30. The molecule has 2 N–H and O–H groups in total. The number of hydrogen-bond donors (Lipinski definition) is 2. The van der Waals surface area contributed by atoms with Crippen LogP contribution in [-0.2, 0) is 11.3 Å². The first-order chi connectivity index (χ1) is 12.5. The average Bonchev–Trinajstić information content (AvgIpc) is 3.04. The molecule has 0 spiro atoms. The van der Waals surface area contributed by atoms with Gasteiger partial charge in [0.15, 0.2) is 5.96 Å². The van der Waals surface area contributed by atoms with Crippen LogP contribution in [0, 0.1) is 0 Å². The molecule has 6 nitrogen and oxygen atoms in total. The number of nitrogens with one attached hydrogen (secondary N) is 2. The van der Waals surface area contributed by atoms with E-state index in [1.165, 1.54) is 13.2 Å². The molecular formula is C18H28F2IN3O3. The number of ether oxygens (including phenoxy) is 3. The molecule has 2 rings (SSSR count). The van der Waals surface area contributed by atoms with Crippen molar-refractivity contribution in [3.8, 4) is 11.5 Å². The normalized spacial score (nSPS) is 19.6. The van der Waals surface area contributed by atoms with E-state index in [1.54, 1.807) is 12.1 Å². The lowest BCUT2D eigenvalue weighted by Gasteiger charge is -2.24. The van der Waals surface area contributed by atoms with Gasteiger partial charge in [-0.2, -0.15) is 8.78 Å². The molecule has 1 aliphatic heterocycles. The van der Waals surface area contributed by atoms with Crippen molar-refractivity contribution in [2.45, 2.75) is 45.4 Å². The van der Waals surface area contributed by atoms with Crippen LogP contribution in [0.3, 0.4) is 0 Å². The second-order valence-corrected chi connectivity index (χ2v) is 6.30. The first-order valence-corrected chi connectivity index (χ1v) is 8.73. The molecule has 0 bridgehead atoms. The predicted molar refractivity (Wildman–Crippen MR) is 111 cm³/mol. The Labute approximate surface area is 176 Å². The zero-order valence-corrected chi connectivity index (χ0v) is 18.2. The number of rotatable bonds is 8. The van der Waals surface area contributed by atoms with E-state index in [1.807, 2.05) is 6.92 Å². The van der Waals surface area contributed by atoms with Gasteiger partial charge >= 0.3 is 6.61 Å². The Morgan fingerprint density at radius 2 is 2.15 bits per heavy atom. The van der Waals surface area contributed by atoms with Gasteiger partial charge in [-0.1, -0.05) is 0 Å². The molecule has 154 valence electrons. The lowest BCUT2D eigenvalue weighted by molar-refractivity contribution is -0.0505. The molecule has 1 fully saturated rings. The van der Waals surface area contributed by atoms with Crippen molar-refractivity contribution in [2.24, 2.45) is 4.99 Å². The molecule has 1 aromatic rings. The fraction of sp³-hybridized carbons (Fsp3) is 0.611. The van der Waals surface area contributed by atoms with Crippen molar-refractivity contribution in [3.05, 3.63) is 23.8 Å². The van der Waals surface area contributed by atoms with Crippen LogP contribution in [0.15, 0.2) is 23.2 Å². The van der Waals surface area contributed by atoms with Gasteiger partial charge in [0.1, 0.15) is 11.5 Å². The summed E-state index contributed by atoms with van der Waals surface area (Å²) in [6.07, 6.45) is 2.04. The van der Waals surface area contributed by atoms with Crippen LogP contribution in [0.4, 0.5) is 8.78 Å². The third-order valence-electron chi connectivity index (χ3n) is 4.17. The number of nitrogens with zero attached hydrogens (tertiary/aromatic N) is 1. The minimum Gasteiger partial charge on any atom is -0.497 e. The monoisotopic (exact) mass is 499 g/mol. The maximum atomic E-state index is 12.7. The molecule has 27 heavy (non-hydrogen) atoms. The van der Waals surface area contributed by atoms with Crippen molar-refractivity contribution in [3.63, 3.8) is 0 Å². The molecule has 1 atom stereocenters. The first-order valence-electron chi connectivity index (χ1n) is 8.73. The lowest BCUT2D eigenvalue weighted by atomic mass is 10.0. The molecule has 9 heteroatoms. The van der Waals surface area contributed by atoms with Crippen molar-refractivity contribution in [1.82, 2.24) is 10.6 Å². The summed E-state index contributed by atoms with van der Waals surface area (Å²) >= 11 is 0. The van der Waals surface area contributed by atoms with Gasteiger partial charge in [0.25, 0.3) is 0 Å². The van der Waals surface area contributed by atoms with Crippen LogP contribution in [0.1, 0.15) is 32.3 Å². The fourth-order valence-corrected chi connectivity index (χ4v) is 2.75. The van der Waals surface area contributed by atoms with E-state index in [0.717, 1.165) is 19.4 Å². The summed E-state index contributed by atoms with van der Waals surface area (Å²) in [5, 5.41) is 6.40. The number of alkyl halides is 2. The molecule has 1 heterocycles. The maximum absolute atomic E-state index is 12.7. The van der Waals surface area contributed by atoms with Gasteiger partial charge in [-0.15, -0.1) is 24.0 Å². The summed E-state index contributed by atoms with van der Waals surface area (Å²) in [5.74, 6) is 1.11. The Morgan fingerprint density at radius 3 is 2.74 bits per heavy atom. The highest BCUT2D eigenvalue weighted by Crippen LogP contribution is 2.27. The quantitative estimate of drug-likeness (QED) is 0.326. The minimum atomic E-state index is -2.91. The molecule has 1 saturated heterocycles. The topological polar surface area (TPSA) is 64.1 Å². The lowest BCUT2D eigenvalue weighted by Crippen LogP contribution is -2.45. The van der Waals surface area contributed by atoms with Gasteiger partial charge in [0.05, 0.1) is 19.3 Å². The third kappa shape index (κ3) is 7.65. The SMILES string of the molecule is CCNC(=NCc1ccc(OC)cc1OC(F)F)NCC1(C)CCCO1.I. The van der Waals surface area contributed by atoms with Crippen LogP contribution in [0.2, 0.25) is 0 Å². The maximum Gasteiger partial charge on any atom is 0.387 e. The van der Waals surface area contributed by atoms with Crippen molar-refractivity contribution in [2.75, 3.05) is 26.8 Å². The number of halogens is 3. The van der Waals surface area contributed by atoms with E-state index in [-0.39, 0.29) is 41.9 Å². The smallest absolute Gasteiger partial charge is 0.387 e. The van der Waals surface area contributed by atoms with E-state index >= 15 is 0 Å². The van der Waals surface area contributed by atoms with Gasteiger partial charge in [0.2, 0.25) is 0 Å². The first kappa shape index (κ1) is 23.7. The van der Waals surface area contributed by atoms with E-state index in [2.05, 4.69) is 27.3 Å². The van der Waals surface area contributed by atoms with Crippen molar-refractivity contribution < 1.29 is 23.0 Å². The largest absolute Gasteiger partial charge is 0.497 e. The van der Waals surface area contributed by atoms with Gasteiger partial charge in [0, 0.05) is 31.3 Å². The number of hydrogen-bond acceptors (Lipinski definition) is 4. The van der Waals surface area contributed by atoms with E-state index in [0.29, 0.717) is 30.4 Å². The van der Waals surface area contributed by atoms with Crippen molar-refractivity contribution in [1.29, 1.82) is 0 Å². The van der Waals surface area contributed by atoms with E-state index in [4.69, 9.17) is 9.47 Å². The molecule has 1 unspecified atom stereocenters. The summed E-state index contributed by atoms with van der Waals surface area (Å²) in [5.41, 5.74) is 0.340. The molecule has 0 aliphatic carbocycles. The zero-order valence-electron chi connectivity index (χ0n) is 15.9. The summed E-state index contributed by atoms with van der Waals surface area (Å²) in [6, 6.07) is 4.80. The zero-order chi connectivity index (χ0) is 19.0.